The summed E-state index contributed by atoms with van der Waals surface area (Å²) in [7, 11) is 0. The molecular formula is C5H6N2O6. The van der Waals surface area contributed by atoms with Crippen LogP contribution < -0.4 is 0 Å². The Morgan fingerprint density at radius 1 is 1.08 bits per heavy atom. The molecule has 3 atom stereocenters. The molecule has 13 heavy (non-hydrogen) atoms. The molecule has 0 spiro atoms. The van der Waals surface area contributed by atoms with Crippen molar-refractivity contribution < 1.29 is 24.9 Å². The molecule has 0 aromatic rings. The van der Waals surface area contributed by atoms with Crippen LogP contribution in [-0.4, -0.2) is 50.5 Å². The van der Waals surface area contributed by atoms with Gasteiger partial charge in [0.05, 0.1) is 5.29 Å². The molecule has 1 saturated heterocycles. The standard InChI is InChI=1S/C5H6N2O6/c8-1-2(9)4(11)7(6-13)5(12)3(1)10/h1-3,8-10H/t1?,2-,3+. The molecule has 1 aliphatic heterocycles. The quantitative estimate of drug-likeness (QED) is 0.301. The minimum Gasteiger partial charge on any atom is -0.387 e. The molecule has 1 rings (SSSR count). The SMILES string of the molecule is O=NN1C(=O)[C@@H](O)C(O)[C@@H](O)C1=O. The second kappa shape index (κ2) is 3.17. The summed E-state index contributed by atoms with van der Waals surface area (Å²) in [5, 5.41) is 28.4. The molecule has 2 amide bonds. The second-order valence-electron chi connectivity index (χ2n) is 2.45. The lowest BCUT2D eigenvalue weighted by atomic mass is 10.0. The van der Waals surface area contributed by atoms with Crippen molar-refractivity contribution in [2.24, 2.45) is 5.29 Å². The molecule has 8 nitrogen and oxygen atoms in total. The summed E-state index contributed by atoms with van der Waals surface area (Å²) >= 11 is 0. The number of nitrogens with zero attached hydrogens (tertiary/aromatic N) is 2. The Hall–Kier alpha value is -1.38. The third-order valence-corrected chi connectivity index (χ3v) is 1.65. The average Bonchev–Trinajstić information content (AvgIpc) is 2.13. The first-order valence-electron chi connectivity index (χ1n) is 3.26. The molecule has 3 N–H and O–H groups in total. The van der Waals surface area contributed by atoms with Crippen molar-refractivity contribution in [2.75, 3.05) is 0 Å². The number of carbonyl (C=O) groups excluding carboxylic acids is 2. The summed E-state index contributed by atoms with van der Waals surface area (Å²) in [6.07, 6.45) is -5.94. The van der Waals surface area contributed by atoms with E-state index < -0.39 is 30.1 Å². The molecule has 0 radical (unpaired) electrons. The molecule has 0 aromatic heterocycles. The van der Waals surface area contributed by atoms with Gasteiger partial charge in [0.15, 0.2) is 12.2 Å². The Morgan fingerprint density at radius 3 is 1.77 bits per heavy atom. The van der Waals surface area contributed by atoms with Gasteiger partial charge in [0, 0.05) is 0 Å². The van der Waals surface area contributed by atoms with E-state index in [2.05, 4.69) is 0 Å². The maximum Gasteiger partial charge on any atom is 0.284 e. The lowest BCUT2D eigenvalue weighted by Gasteiger charge is -2.29. The molecule has 1 heterocycles. The van der Waals surface area contributed by atoms with Crippen LogP contribution in [0, 0.1) is 4.91 Å². The molecule has 0 saturated carbocycles. The van der Waals surface area contributed by atoms with Crippen LogP contribution >= 0.6 is 0 Å². The minimum absolute atomic E-state index is 0.220. The van der Waals surface area contributed by atoms with Gasteiger partial charge in [0.1, 0.15) is 6.10 Å². The first kappa shape index (κ1) is 9.71. The van der Waals surface area contributed by atoms with E-state index in [1.165, 1.54) is 0 Å². The van der Waals surface area contributed by atoms with Gasteiger partial charge in [0.2, 0.25) is 0 Å². The van der Waals surface area contributed by atoms with Crippen LogP contribution in [0.25, 0.3) is 0 Å². The number of amides is 2. The highest BCUT2D eigenvalue weighted by Crippen LogP contribution is 2.14. The summed E-state index contributed by atoms with van der Waals surface area (Å²) < 4.78 is 0. The fraction of sp³-hybridized carbons (Fsp3) is 0.600. The number of aliphatic hydroxyl groups is 3. The van der Waals surface area contributed by atoms with Crippen molar-refractivity contribution in [1.82, 2.24) is 5.01 Å². The molecule has 1 unspecified atom stereocenters. The van der Waals surface area contributed by atoms with Crippen LogP contribution in [0.15, 0.2) is 5.29 Å². The summed E-state index contributed by atoms with van der Waals surface area (Å²) in [6, 6.07) is 0. The summed E-state index contributed by atoms with van der Waals surface area (Å²) in [6.45, 7) is 0. The van der Waals surface area contributed by atoms with E-state index in [1.54, 1.807) is 0 Å². The predicted molar refractivity (Wildman–Crippen MR) is 35.7 cm³/mol. The van der Waals surface area contributed by atoms with Crippen molar-refractivity contribution in [3.63, 3.8) is 0 Å². The minimum atomic E-state index is -2.01. The van der Waals surface area contributed by atoms with Crippen LogP contribution in [-0.2, 0) is 9.59 Å². The van der Waals surface area contributed by atoms with Crippen molar-refractivity contribution in [2.45, 2.75) is 18.3 Å². The largest absolute Gasteiger partial charge is 0.387 e. The number of rotatable bonds is 1. The third kappa shape index (κ3) is 1.30. The number of hydrogen-bond acceptors (Lipinski definition) is 7. The normalized spacial score (nSPS) is 35.0. The highest BCUT2D eigenvalue weighted by molar-refractivity contribution is 6.02. The Balaban J connectivity index is 2.98. The lowest BCUT2D eigenvalue weighted by Crippen LogP contribution is -2.60. The third-order valence-electron chi connectivity index (χ3n) is 1.65. The Kier molecular flexibility index (Phi) is 2.36. The maximum atomic E-state index is 10.8. The highest BCUT2D eigenvalue weighted by Gasteiger charge is 2.47. The van der Waals surface area contributed by atoms with Gasteiger partial charge in [-0.2, -0.15) is 0 Å². The van der Waals surface area contributed by atoms with Crippen LogP contribution in [0.4, 0.5) is 0 Å². The van der Waals surface area contributed by atoms with E-state index in [0.717, 1.165) is 0 Å². The van der Waals surface area contributed by atoms with Gasteiger partial charge in [-0.15, -0.1) is 9.92 Å². The van der Waals surface area contributed by atoms with Crippen molar-refractivity contribution in [3.8, 4) is 0 Å². The molecule has 0 aliphatic carbocycles. The topological polar surface area (TPSA) is 128 Å². The van der Waals surface area contributed by atoms with Crippen LogP contribution in [0.3, 0.4) is 0 Å². The number of carbonyl (C=O) groups is 2. The monoisotopic (exact) mass is 190 g/mol. The van der Waals surface area contributed by atoms with Crippen LogP contribution in [0.5, 0.6) is 0 Å². The molecule has 8 heteroatoms. The average molecular weight is 190 g/mol. The van der Waals surface area contributed by atoms with Gasteiger partial charge in [-0.1, -0.05) is 0 Å². The number of piperidine rings is 1. The van der Waals surface area contributed by atoms with Crippen molar-refractivity contribution >= 4 is 11.8 Å². The van der Waals surface area contributed by atoms with Crippen LogP contribution in [0.1, 0.15) is 0 Å². The summed E-state index contributed by atoms with van der Waals surface area (Å²) in [5.41, 5.74) is 0. The van der Waals surface area contributed by atoms with Crippen molar-refractivity contribution in [3.05, 3.63) is 4.91 Å². The zero-order valence-corrected chi connectivity index (χ0v) is 6.19. The number of aliphatic hydroxyl groups excluding tert-OH is 3. The lowest BCUT2D eigenvalue weighted by molar-refractivity contribution is -0.178. The van der Waals surface area contributed by atoms with E-state index in [-0.39, 0.29) is 5.01 Å². The zero-order chi connectivity index (χ0) is 10.2. The number of hydrogen-bond donors (Lipinski definition) is 3. The molecule has 1 aliphatic rings. The molecule has 1 fully saturated rings. The zero-order valence-electron chi connectivity index (χ0n) is 6.19. The van der Waals surface area contributed by atoms with E-state index in [9.17, 15) is 14.5 Å². The highest BCUT2D eigenvalue weighted by atomic mass is 16.4. The van der Waals surface area contributed by atoms with Crippen LogP contribution in [0.2, 0.25) is 0 Å². The Bertz CT molecular complexity index is 244. The predicted octanol–water partition coefficient (Wildman–Crippen LogP) is -2.88. The fourth-order valence-corrected chi connectivity index (χ4v) is 0.904. The molecule has 0 bridgehead atoms. The molecular weight excluding hydrogens is 184 g/mol. The summed E-state index contributed by atoms with van der Waals surface area (Å²) in [4.78, 5) is 31.5. The molecule has 72 valence electrons. The summed E-state index contributed by atoms with van der Waals surface area (Å²) in [5.74, 6) is -2.70. The van der Waals surface area contributed by atoms with E-state index >= 15 is 0 Å². The number of nitroso groups, excluding NO2 is 1. The van der Waals surface area contributed by atoms with Gasteiger partial charge >= 0.3 is 0 Å². The van der Waals surface area contributed by atoms with Crippen molar-refractivity contribution in [1.29, 1.82) is 0 Å². The first-order chi connectivity index (χ1) is 6.00. The first-order valence-corrected chi connectivity index (χ1v) is 3.26. The molecule has 0 aromatic carbocycles. The van der Waals surface area contributed by atoms with E-state index in [0.29, 0.717) is 0 Å². The smallest absolute Gasteiger partial charge is 0.284 e. The van der Waals surface area contributed by atoms with Gasteiger partial charge in [-0.25, -0.2) is 0 Å². The second-order valence-corrected chi connectivity index (χ2v) is 2.45. The Morgan fingerprint density at radius 2 is 1.46 bits per heavy atom. The van der Waals surface area contributed by atoms with Gasteiger partial charge in [-0.05, 0) is 0 Å². The van der Waals surface area contributed by atoms with Gasteiger partial charge < -0.3 is 15.3 Å². The number of imide groups is 1. The van der Waals surface area contributed by atoms with E-state index in [1.807, 2.05) is 5.29 Å². The Labute approximate surface area is 71.3 Å². The van der Waals surface area contributed by atoms with E-state index in [4.69, 9.17) is 15.3 Å². The van der Waals surface area contributed by atoms with Gasteiger partial charge in [0.25, 0.3) is 11.8 Å². The maximum absolute atomic E-state index is 10.8. The van der Waals surface area contributed by atoms with Gasteiger partial charge in [-0.3, -0.25) is 9.59 Å². The fourth-order valence-electron chi connectivity index (χ4n) is 0.904.